The van der Waals surface area contributed by atoms with Crippen LogP contribution in [-0.4, -0.2) is 15.3 Å². The van der Waals surface area contributed by atoms with Gasteiger partial charge in [-0.25, -0.2) is 0 Å². The largest absolute Gasteiger partial charge is 0.485 e. The number of aryl methyl sites for hydroxylation is 2. The summed E-state index contributed by atoms with van der Waals surface area (Å²) >= 11 is 0. The van der Waals surface area contributed by atoms with Crippen molar-refractivity contribution in [1.82, 2.24) is 15.1 Å². The second-order valence-corrected chi connectivity index (χ2v) is 6.22. The highest BCUT2D eigenvalue weighted by Crippen LogP contribution is 2.18. The molecule has 0 spiro atoms. The normalized spacial score (nSPS) is 11.9. The van der Waals surface area contributed by atoms with Gasteiger partial charge in [0, 0.05) is 17.6 Å². The van der Waals surface area contributed by atoms with E-state index in [1.54, 1.807) is 6.20 Å². The summed E-state index contributed by atoms with van der Waals surface area (Å²) < 4.78 is 13.4. The molecule has 0 fully saturated rings. The summed E-state index contributed by atoms with van der Waals surface area (Å²) in [6.45, 7) is 12.5. The molecular formula is C16H25N3O2. The monoisotopic (exact) mass is 291 g/mol. The first-order chi connectivity index (χ1) is 9.87. The first-order valence-electron chi connectivity index (χ1n) is 7.36. The zero-order valence-corrected chi connectivity index (χ0v) is 13.6. The zero-order valence-electron chi connectivity index (χ0n) is 13.6. The number of hydrogen-bond donors (Lipinski definition) is 1. The van der Waals surface area contributed by atoms with Crippen molar-refractivity contribution in [3.8, 4) is 5.75 Å². The summed E-state index contributed by atoms with van der Waals surface area (Å²) in [4.78, 5) is 0. The lowest BCUT2D eigenvalue weighted by Gasteiger charge is -2.19. The van der Waals surface area contributed by atoms with Crippen LogP contribution in [0, 0.1) is 6.92 Å². The Bertz CT molecular complexity index is 579. The van der Waals surface area contributed by atoms with Crippen molar-refractivity contribution >= 4 is 0 Å². The van der Waals surface area contributed by atoms with Crippen molar-refractivity contribution in [2.45, 2.75) is 59.9 Å². The maximum Gasteiger partial charge on any atom is 0.157 e. The molecule has 0 aliphatic heterocycles. The van der Waals surface area contributed by atoms with Crippen LogP contribution in [-0.2, 0) is 19.7 Å². The summed E-state index contributed by atoms with van der Waals surface area (Å²) in [5.74, 6) is 2.63. The molecule has 0 atom stereocenters. The van der Waals surface area contributed by atoms with Gasteiger partial charge in [0.05, 0.1) is 18.9 Å². The highest BCUT2D eigenvalue weighted by molar-refractivity contribution is 5.21. The molecular weight excluding hydrogens is 266 g/mol. The third kappa shape index (κ3) is 4.63. The van der Waals surface area contributed by atoms with Crippen LogP contribution < -0.4 is 10.1 Å². The molecule has 0 unspecified atom stereocenters. The molecule has 0 saturated carbocycles. The van der Waals surface area contributed by atoms with Crippen LogP contribution in [0.1, 0.15) is 44.8 Å². The molecule has 0 amide bonds. The van der Waals surface area contributed by atoms with E-state index in [4.69, 9.17) is 9.15 Å². The molecule has 2 aromatic heterocycles. The lowest BCUT2D eigenvalue weighted by Crippen LogP contribution is -2.34. The van der Waals surface area contributed by atoms with Gasteiger partial charge in [-0.2, -0.15) is 5.10 Å². The topological polar surface area (TPSA) is 52.2 Å². The molecule has 0 saturated heterocycles. The van der Waals surface area contributed by atoms with Crippen molar-refractivity contribution in [3.63, 3.8) is 0 Å². The van der Waals surface area contributed by atoms with Crippen molar-refractivity contribution < 1.29 is 9.15 Å². The van der Waals surface area contributed by atoms with E-state index in [1.807, 2.05) is 24.7 Å². The SMILES string of the molecule is CCn1cc(OCc2cc(CNC(C)(C)C)oc2C)cn1. The van der Waals surface area contributed by atoms with Crippen LogP contribution in [0.15, 0.2) is 22.9 Å². The van der Waals surface area contributed by atoms with Gasteiger partial charge in [-0.15, -0.1) is 0 Å². The summed E-state index contributed by atoms with van der Waals surface area (Å²) in [6, 6.07) is 2.05. The highest BCUT2D eigenvalue weighted by Gasteiger charge is 2.12. The van der Waals surface area contributed by atoms with Gasteiger partial charge in [0.2, 0.25) is 0 Å². The van der Waals surface area contributed by atoms with Gasteiger partial charge in [-0.05, 0) is 40.7 Å². The Kier molecular flexibility index (Phi) is 4.73. The first kappa shape index (κ1) is 15.6. The van der Waals surface area contributed by atoms with E-state index in [2.05, 4.69) is 37.3 Å². The number of ether oxygens (including phenoxy) is 1. The smallest absolute Gasteiger partial charge is 0.157 e. The van der Waals surface area contributed by atoms with E-state index in [0.717, 1.165) is 35.9 Å². The number of aromatic nitrogens is 2. The minimum atomic E-state index is 0.0755. The number of hydrogen-bond acceptors (Lipinski definition) is 4. The number of rotatable bonds is 6. The van der Waals surface area contributed by atoms with Gasteiger partial charge in [-0.3, -0.25) is 4.68 Å². The van der Waals surface area contributed by atoms with E-state index >= 15 is 0 Å². The second-order valence-electron chi connectivity index (χ2n) is 6.22. The standard InChI is InChI=1S/C16H25N3O2/c1-6-19-10-15(9-18-19)20-11-13-7-14(21-12(13)2)8-17-16(3,4)5/h7,9-10,17H,6,8,11H2,1-5H3. The fourth-order valence-electron chi connectivity index (χ4n) is 1.92. The van der Waals surface area contributed by atoms with Gasteiger partial charge in [-0.1, -0.05) is 0 Å². The molecule has 0 aromatic carbocycles. The average Bonchev–Trinajstić information content (AvgIpc) is 3.00. The minimum Gasteiger partial charge on any atom is -0.485 e. The lowest BCUT2D eigenvalue weighted by molar-refractivity contribution is 0.302. The number of furan rings is 1. The lowest BCUT2D eigenvalue weighted by atomic mass is 10.1. The Morgan fingerprint density at radius 2 is 2.14 bits per heavy atom. The van der Waals surface area contributed by atoms with Crippen molar-refractivity contribution in [2.24, 2.45) is 0 Å². The molecule has 116 valence electrons. The molecule has 0 bridgehead atoms. The second kappa shape index (κ2) is 6.35. The molecule has 1 N–H and O–H groups in total. The summed E-state index contributed by atoms with van der Waals surface area (Å²) in [6.07, 6.45) is 3.64. The Labute approximate surface area is 126 Å². The van der Waals surface area contributed by atoms with Gasteiger partial charge < -0.3 is 14.5 Å². The van der Waals surface area contributed by atoms with Gasteiger partial charge in [0.25, 0.3) is 0 Å². The maximum atomic E-state index is 5.76. The summed E-state index contributed by atoms with van der Waals surface area (Å²) in [5, 5.41) is 7.60. The quantitative estimate of drug-likeness (QED) is 0.887. The van der Waals surface area contributed by atoms with Gasteiger partial charge in [0.1, 0.15) is 18.1 Å². The molecule has 2 rings (SSSR count). The van der Waals surface area contributed by atoms with Crippen LogP contribution >= 0.6 is 0 Å². The predicted molar refractivity (Wildman–Crippen MR) is 82.3 cm³/mol. The molecule has 2 heterocycles. The van der Waals surface area contributed by atoms with Crippen molar-refractivity contribution in [3.05, 3.63) is 35.5 Å². The van der Waals surface area contributed by atoms with E-state index < -0.39 is 0 Å². The maximum absolute atomic E-state index is 5.76. The first-order valence-corrected chi connectivity index (χ1v) is 7.36. The fourth-order valence-corrected chi connectivity index (χ4v) is 1.92. The third-order valence-corrected chi connectivity index (χ3v) is 3.19. The molecule has 21 heavy (non-hydrogen) atoms. The number of nitrogens with one attached hydrogen (secondary N) is 1. The van der Waals surface area contributed by atoms with E-state index in [9.17, 15) is 0 Å². The Morgan fingerprint density at radius 1 is 1.38 bits per heavy atom. The minimum absolute atomic E-state index is 0.0755. The third-order valence-electron chi connectivity index (χ3n) is 3.19. The molecule has 2 aromatic rings. The highest BCUT2D eigenvalue weighted by atomic mass is 16.5. The zero-order chi connectivity index (χ0) is 15.5. The molecule has 0 aliphatic carbocycles. The van der Waals surface area contributed by atoms with Crippen LogP contribution in [0.25, 0.3) is 0 Å². The molecule has 5 nitrogen and oxygen atoms in total. The van der Waals surface area contributed by atoms with Gasteiger partial charge in [0.15, 0.2) is 5.75 Å². The fraction of sp³-hybridized carbons (Fsp3) is 0.562. The van der Waals surface area contributed by atoms with Crippen molar-refractivity contribution in [2.75, 3.05) is 0 Å². The Balaban J connectivity index is 1.92. The predicted octanol–water partition coefficient (Wildman–Crippen LogP) is 3.27. The van der Waals surface area contributed by atoms with E-state index in [0.29, 0.717) is 6.61 Å². The average molecular weight is 291 g/mol. The van der Waals surface area contributed by atoms with E-state index in [-0.39, 0.29) is 5.54 Å². The molecule has 0 radical (unpaired) electrons. The summed E-state index contributed by atoms with van der Waals surface area (Å²) in [5.41, 5.74) is 1.15. The summed E-state index contributed by atoms with van der Waals surface area (Å²) in [7, 11) is 0. The Morgan fingerprint density at radius 3 is 2.76 bits per heavy atom. The van der Waals surface area contributed by atoms with Gasteiger partial charge >= 0.3 is 0 Å². The van der Waals surface area contributed by atoms with Crippen molar-refractivity contribution in [1.29, 1.82) is 0 Å². The van der Waals surface area contributed by atoms with Crippen LogP contribution in [0.3, 0.4) is 0 Å². The van der Waals surface area contributed by atoms with Crippen LogP contribution in [0.5, 0.6) is 5.75 Å². The number of nitrogens with zero attached hydrogens (tertiary/aromatic N) is 2. The molecule has 0 aliphatic rings. The van der Waals surface area contributed by atoms with E-state index in [1.165, 1.54) is 0 Å². The Hall–Kier alpha value is -1.75. The van der Waals surface area contributed by atoms with Crippen LogP contribution in [0.4, 0.5) is 0 Å². The molecule has 5 heteroatoms. The van der Waals surface area contributed by atoms with Crippen LogP contribution in [0.2, 0.25) is 0 Å².